The molecular formula is C38H42N4O8S. The molecule has 13 heteroatoms. The van der Waals surface area contributed by atoms with Gasteiger partial charge >= 0.3 is 5.97 Å². The quantitative estimate of drug-likeness (QED) is 0.132. The van der Waals surface area contributed by atoms with E-state index in [4.69, 9.17) is 14.6 Å². The summed E-state index contributed by atoms with van der Waals surface area (Å²) in [5.74, 6) is -0.922. The predicted octanol–water partition coefficient (Wildman–Crippen LogP) is 4.93. The van der Waals surface area contributed by atoms with Gasteiger partial charge in [0.15, 0.2) is 11.9 Å². The van der Waals surface area contributed by atoms with E-state index in [0.29, 0.717) is 17.8 Å². The Morgan fingerprint density at radius 1 is 0.980 bits per heavy atom. The summed E-state index contributed by atoms with van der Waals surface area (Å²) in [4.78, 5) is 57.9. The number of nitrogens with zero attached hydrogens (tertiary/aromatic N) is 2. The van der Waals surface area contributed by atoms with Crippen LogP contribution >= 0.6 is 11.3 Å². The van der Waals surface area contributed by atoms with E-state index in [1.807, 2.05) is 31.2 Å². The number of aromatic nitrogens is 1. The van der Waals surface area contributed by atoms with Crippen molar-refractivity contribution in [1.29, 1.82) is 0 Å². The number of nitrogens with one attached hydrogen (secondary N) is 2. The maximum absolute atomic E-state index is 13.6. The first-order valence-corrected chi connectivity index (χ1v) is 17.3. The molecule has 0 saturated carbocycles. The average Bonchev–Trinajstić information content (AvgIpc) is 3.72. The molecule has 51 heavy (non-hydrogen) atoms. The summed E-state index contributed by atoms with van der Waals surface area (Å²) in [5.41, 5.74) is 3.12. The lowest BCUT2D eigenvalue weighted by Gasteiger charge is -2.49. The number of rotatable bonds is 14. The maximum Gasteiger partial charge on any atom is 0.335 e. The van der Waals surface area contributed by atoms with Crippen molar-refractivity contribution in [2.24, 2.45) is 5.41 Å². The van der Waals surface area contributed by atoms with Crippen molar-refractivity contribution in [2.45, 2.75) is 65.1 Å². The Morgan fingerprint density at radius 2 is 1.61 bits per heavy atom. The zero-order valence-corrected chi connectivity index (χ0v) is 29.7. The Kier molecular flexibility index (Phi) is 11.7. The summed E-state index contributed by atoms with van der Waals surface area (Å²) in [7, 11) is 0. The summed E-state index contributed by atoms with van der Waals surface area (Å²) in [5, 5.41) is 25.5. The van der Waals surface area contributed by atoms with E-state index in [9.17, 15) is 24.3 Å². The molecule has 1 fully saturated rings. The van der Waals surface area contributed by atoms with Crippen LogP contribution in [0.3, 0.4) is 0 Å². The SMILES string of the molecule is Cc1ncsc1-c1ccc(CNC(=O)[C@@H]2C[C@@H](O)CN2[C@@](C=O)(NC(=O)COCc2ccc(Oc3ccc(C(=O)O)cc3)cc2)C(C)(C)C)cc1. The second-order valence-electron chi connectivity index (χ2n) is 13.5. The number of aryl methyl sites for hydroxylation is 1. The van der Waals surface area contributed by atoms with Gasteiger partial charge in [0.05, 0.1) is 40.4 Å². The highest BCUT2D eigenvalue weighted by atomic mass is 32.1. The molecule has 1 saturated heterocycles. The lowest BCUT2D eigenvalue weighted by atomic mass is 9.79. The molecule has 4 aromatic rings. The molecule has 268 valence electrons. The Bertz CT molecular complexity index is 1840. The third-order valence-electron chi connectivity index (χ3n) is 8.87. The van der Waals surface area contributed by atoms with Crippen molar-refractivity contribution in [1.82, 2.24) is 20.5 Å². The second kappa shape index (κ2) is 15.9. The molecule has 1 aliphatic rings. The van der Waals surface area contributed by atoms with Crippen LogP contribution in [-0.2, 0) is 32.3 Å². The smallest absolute Gasteiger partial charge is 0.335 e. The summed E-state index contributed by atoms with van der Waals surface area (Å²) in [6.07, 6.45) is -0.147. The number of carbonyl (C=O) groups is 4. The summed E-state index contributed by atoms with van der Waals surface area (Å²) in [6.45, 7) is 7.33. The number of aldehydes is 1. The Balaban J connectivity index is 1.18. The van der Waals surface area contributed by atoms with Crippen LogP contribution in [0.15, 0.2) is 78.3 Å². The molecule has 2 amide bonds. The van der Waals surface area contributed by atoms with Gasteiger partial charge in [-0.05, 0) is 66.4 Å². The minimum atomic E-state index is -1.62. The van der Waals surface area contributed by atoms with Gasteiger partial charge in [-0.3, -0.25) is 19.3 Å². The highest BCUT2D eigenvalue weighted by molar-refractivity contribution is 7.13. The fourth-order valence-corrected chi connectivity index (χ4v) is 6.85. The number of aromatic carboxylic acids is 1. The van der Waals surface area contributed by atoms with Crippen molar-refractivity contribution >= 4 is 35.4 Å². The number of hydrogen-bond acceptors (Lipinski definition) is 10. The van der Waals surface area contributed by atoms with Gasteiger partial charge in [0.25, 0.3) is 0 Å². The molecule has 4 N–H and O–H groups in total. The van der Waals surface area contributed by atoms with Crippen LogP contribution in [0.4, 0.5) is 0 Å². The van der Waals surface area contributed by atoms with E-state index in [2.05, 4.69) is 15.6 Å². The van der Waals surface area contributed by atoms with Gasteiger partial charge in [-0.1, -0.05) is 57.2 Å². The number of hydrogen-bond donors (Lipinski definition) is 4. The van der Waals surface area contributed by atoms with Crippen molar-refractivity contribution in [3.63, 3.8) is 0 Å². The number of carboxylic acid groups (broad SMARTS) is 1. The lowest BCUT2D eigenvalue weighted by Crippen LogP contribution is -2.71. The van der Waals surface area contributed by atoms with Crippen molar-refractivity contribution in [3.05, 3.63) is 101 Å². The molecule has 0 radical (unpaired) electrons. The fourth-order valence-electron chi connectivity index (χ4n) is 6.04. The first-order chi connectivity index (χ1) is 24.3. The molecule has 3 aromatic carbocycles. The molecule has 1 aliphatic heterocycles. The molecule has 0 bridgehead atoms. The van der Waals surface area contributed by atoms with E-state index in [-0.39, 0.29) is 44.2 Å². The normalized spacial score (nSPS) is 17.4. The summed E-state index contributed by atoms with van der Waals surface area (Å²) in [6, 6.07) is 20.0. The fraction of sp³-hybridized carbons (Fsp3) is 0.342. The van der Waals surface area contributed by atoms with Crippen LogP contribution in [0, 0.1) is 12.3 Å². The van der Waals surface area contributed by atoms with Crippen LogP contribution in [0.25, 0.3) is 10.4 Å². The number of thiazole rings is 1. The Hall–Kier alpha value is -4.95. The highest BCUT2D eigenvalue weighted by Gasteiger charge is 2.55. The molecule has 0 unspecified atom stereocenters. The molecule has 1 aromatic heterocycles. The van der Waals surface area contributed by atoms with Gasteiger partial charge in [0.2, 0.25) is 11.8 Å². The van der Waals surface area contributed by atoms with Crippen molar-refractivity contribution < 1.29 is 38.9 Å². The first-order valence-electron chi connectivity index (χ1n) is 16.5. The van der Waals surface area contributed by atoms with Crippen LogP contribution in [-0.4, -0.2) is 75.1 Å². The third-order valence-corrected chi connectivity index (χ3v) is 9.85. The van der Waals surface area contributed by atoms with Gasteiger partial charge in [-0.25, -0.2) is 9.78 Å². The van der Waals surface area contributed by atoms with E-state index in [1.54, 1.807) is 78.9 Å². The number of aliphatic hydroxyl groups excluding tert-OH is 1. The number of amides is 2. The topological polar surface area (TPSA) is 167 Å². The molecule has 3 atom stereocenters. The molecule has 2 heterocycles. The number of benzene rings is 3. The number of β-amino-alcohol motifs (C(OH)–C–C–N with tert-alkyl or cyclic N) is 1. The maximum atomic E-state index is 13.6. The van der Waals surface area contributed by atoms with Crippen molar-refractivity contribution in [3.8, 4) is 21.9 Å². The van der Waals surface area contributed by atoms with Gasteiger partial charge in [0, 0.05) is 18.5 Å². The van der Waals surface area contributed by atoms with Crippen molar-refractivity contribution in [2.75, 3.05) is 13.2 Å². The van der Waals surface area contributed by atoms with E-state index >= 15 is 0 Å². The number of carboxylic acids is 1. The zero-order chi connectivity index (χ0) is 36.8. The molecule has 0 spiro atoms. The van der Waals surface area contributed by atoms with E-state index in [1.165, 1.54) is 12.1 Å². The van der Waals surface area contributed by atoms with E-state index in [0.717, 1.165) is 27.3 Å². The molecular weight excluding hydrogens is 673 g/mol. The number of ether oxygens (including phenoxy) is 2. The summed E-state index contributed by atoms with van der Waals surface area (Å²) >= 11 is 1.57. The lowest BCUT2D eigenvalue weighted by molar-refractivity contribution is -0.149. The minimum absolute atomic E-state index is 0.0102. The number of carbonyl (C=O) groups excluding carboxylic acids is 3. The molecule has 0 aliphatic carbocycles. The van der Waals surface area contributed by atoms with Gasteiger partial charge in [0.1, 0.15) is 18.1 Å². The van der Waals surface area contributed by atoms with Gasteiger partial charge < -0.3 is 30.3 Å². The Labute approximate surface area is 300 Å². The summed E-state index contributed by atoms with van der Waals surface area (Å²) < 4.78 is 11.5. The number of aliphatic hydroxyl groups is 1. The standard InChI is InChI=1S/C38H42N4O8S/c1-24-34(51-23-40-24)27-9-5-25(6-10-27)18-39-35(46)32-17-29(44)19-42(32)38(22-43,37(2,3)4)41-33(45)21-49-20-26-7-13-30(14-8-26)50-31-15-11-28(12-16-31)36(47)48/h5-16,22-23,29,32,44H,17-21H2,1-4H3,(H,39,46)(H,41,45)(H,47,48)/t29-,32+,38-/m1/s1. The largest absolute Gasteiger partial charge is 0.478 e. The van der Waals surface area contributed by atoms with E-state index < -0.39 is 35.1 Å². The third kappa shape index (κ3) is 8.86. The van der Waals surface area contributed by atoms with Gasteiger partial charge in [-0.15, -0.1) is 11.3 Å². The average molecular weight is 715 g/mol. The molecule has 5 rings (SSSR count). The first kappa shape index (κ1) is 37.3. The van der Waals surface area contributed by atoms with Crippen LogP contribution in [0.2, 0.25) is 0 Å². The molecule has 12 nitrogen and oxygen atoms in total. The minimum Gasteiger partial charge on any atom is -0.478 e. The van der Waals surface area contributed by atoms with Crippen LogP contribution in [0.1, 0.15) is 54.4 Å². The predicted molar refractivity (Wildman–Crippen MR) is 191 cm³/mol. The monoisotopic (exact) mass is 714 g/mol. The zero-order valence-electron chi connectivity index (χ0n) is 28.9. The van der Waals surface area contributed by atoms with Crippen LogP contribution in [0.5, 0.6) is 11.5 Å². The number of likely N-dealkylation sites (tertiary alicyclic amines) is 1. The second-order valence-corrected chi connectivity index (χ2v) is 14.3. The highest BCUT2D eigenvalue weighted by Crippen LogP contribution is 2.37. The van der Waals surface area contributed by atoms with Gasteiger partial charge in [-0.2, -0.15) is 0 Å². The van der Waals surface area contributed by atoms with Crippen LogP contribution < -0.4 is 15.4 Å². The Morgan fingerprint density at radius 3 is 2.18 bits per heavy atom.